The lowest BCUT2D eigenvalue weighted by atomic mass is 10.1. The summed E-state index contributed by atoms with van der Waals surface area (Å²) in [4.78, 5) is 11.7. The first kappa shape index (κ1) is 15.9. The van der Waals surface area contributed by atoms with Crippen LogP contribution in [0.2, 0.25) is 0 Å². The predicted molar refractivity (Wildman–Crippen MR) is 73.1 cm³/mol. The van der Waals surface area contributed by atoms with Crippen LogP contribution in [0.1, 0.15) is 36.5 Å². The number of rotatable bonds is 6. The molecule has 21 heavy (non-hydrogen) atoms. The van der Waals surface area contributed by atoms with Crippen molar-refractivity contribution in [1.29, 1.82) is 0 Å². The van der Waals surface area contributed by atoms with Crippen LogP contribution in [0.4, 0.5) is 0 Å². The Balaban J connectivity index is 2.06. The molecular weight excluding hydrogens is 298 g/mol. The number of H-pyrrole nitrogens is 1. The summed E-state index contributed by atoms with van der Waals surface area (Å²) in [6.07, 6.45) is 2.81. The molecule has 3 N–H and O–H groups in total. The molecule has 1 aromatic rings. The van der Waals surface area contributed by atoms with Crippen LogP contribution in [-0.2, 0) is 14.8 Å². The molecule has 2 rings (SSSR count). The van der Waals surface area contributed by atoms with Crippen molar-refractivity contribution >= 4 is 16.0 Å². The van der Waals surface area contributed by atoms with Crippen molar-refractivity contribution in [2.45, 2.75) is 37.3 Å². The molecular formula is C12H19N3O5S. The van der Waals surface area contributed by atoms with Crippen molar-refractivity contribution in [2.24, 2.45) is 5.92 Å². The van der Waals surface area contributed by atoms with E-state index in [-0.39, 0.29) is 35.8 Å². The normalized spacial score (nSPS) is 22.4. The number of aromatic amines is 1. The molecule has 118 valence electrons. The molecule has 2 atom stereocenters. The molecule has 1 heterocycles. The number of carbonyl (C=O) groups excluding carboxylic acids is 1. The monoisotopic (exact) mass is 317 g/mol. The zero-order valence-electron chi connectivity index (χ0n) is 11.7. The van der Waals surface area contributed by atoms with Gasteiger partial charge in [0.25, 0.3) is 10.0 Å². The van der Waals surface area contributed by atoms with Crippen LogP contribution in [0.25, 0.3) is 0 Å². The van der Waals surface area contributed by atoms with Crippen molar-refractivity contribution in [1.82, 2.24) is 14.9 Å². The van der Waals surface area contributed by atoms with Crippen LogP contribution in [0, 0.1) is 5.92 Å². The topological polar surface area (TPSA) is 121 Å². The summed E-state index contributed by atoms with van der Waals surface area (Å²) in [6.45, 7) is 2.01. The van der Waals surface area contributed by atoms with Gasteiger partial charge in [-0.3, -0.25) is 5.10 Å². The van der Waals surface area contributed by atoms with Gasteiger partial charge in [0.15, 0.2) is 5.03 Å². The van der Waals surface area contributed by atoms with Gasteiger partial charge in [0, 0.05) is 6.54 Å². The average molecular weight is 317 g/mol. The molecule has 1 saturated carbocycles. The zero-order chi connectivity index (χ0) is 15.5. The Kier molecular flexibility index (Phi) is 4.96. The molecule has 1 aromatic heterocycles. The second kappa shape index (κ2) is 6.54. The van der Waals surface area contributed by atoms with Crippen LogP contribution < -0.4 is 4.72 Å². The first-order valence-corrected chi connectivity index (χ1v) is 8.30. The van der Waals surface area contributed by atoms with Crippen LogP contribution in [0.3, 0.4) is 0 Å². The Hall–Kier alpha value is -1.45. The molecule has 8 nitrogen and oxygen atoms in total. The minimum absolute atomic E-state index is 0.101. The Morgan fingerprint density at radius 2 is 2.33 bits per heavy atom. The third kappa shape index (κ3) is 3.80. The molecule has 1 aliphatic rings. The number of sulfonamides is 1. The average Bonchev–Trinajstić information content (AvgIpc) is 3.05. The summed E-state index contributed by atoms with van der Waals surface area (Å²) in [7, 11) is -3.87. The third-order valence-electron chi connectivity index (χ3n) is 3.44. The molecule has 0 amide bonds. The van der Waals surface area contributed by atoms with Gasteiger partial charge in [0.1, 0.15) is 5.56 Å². The number of aromatic nitrogens is 2. The summed E-state index contributed by atoms with van der Waals surface area (Å²) >= 11 is 0. The third-order valence-corrected chi connectivity index (χ3v) is 4.84. The fraction of sp³-hybridized carbons (Fsp3) is 0.667. The van der Waals surface area contributed by atoms with Crippen LogP contribution >= 0.6 is 0 Å². The van der Waals surface area contributed by atoms with E-state index in [9.17, 15) is 18.3 Å². The molecule has 0 spiro atoms. The first-order chi connectivity index (χ1) is 9.94. The maximum absolute atomic E-state index is 12.2. The lowest BCUT2D eigenvalue weighted by molar-refractivity contribution is 0.0522. The molecule has 2 unspecified atom stereocenters. The van der Waals surface area contributed by atoms with Crippen molar-refractivity contribution in [3.05, 3.63) is 11.8 Å². The Bertz CT molecular complexity index is 598. The molecule has 0 bridgehead atoms. The summed E-state index contributed by atoms with van der Waals surface area (Å²) in [6, 6.07) is 0. The van der Waals surface area contributed by atoms with Crippen molar-refractivity contribution in [3.8, 4) is 0 Å². The molecule has 0 aliphatic heterocycles. The Morgan fingerprint density at radius 3 is 2.95 bits per heavy atom. The highest BCUT2D eigenvalue weighted by Crippen LogP contribution is 2.25. The van der Waals surface area contributed by atoms with Crippen molar-refractivity contribution in [2.75, 3.05) is 13.2 Å². The maximum atomic E-state index is 12.2. The molecule has 1 fully saturated rings. The van der Waals surface area contributed by atoms with Crippen LogP contribution in [0.15, 0.2) is 11.2 Å². The summed E-state index contributed by atoms with van der Waals surface area (Å²) in [5.74, 6) is -0.633. The fourth-order valence-corrected chi connectivity index (χ4v) is 3.56. The van der Waals surface area contributed by atoms with Gasteiger partial charge in [-0.05, 0) is 32.1 Å². The number of carbonyl (C=O) groups is 1. The maximum Gasteiger partial charge on any atom is 0.342 e. The number of esters is 1. The number of ether oxygens (including phenoxy) is 1. The second-order valence-corrected chi connectivity index (χ2v) is 6.72. The minimum atomic E-state index is -3.87. The van der Waals surface area contributed by atoms with Crippen LogP contribution in [0.5, 0.6) is 0 Å². The van der Waals surface area contributed by atoms with E-state index in [1.54, 1.807) is 6.92 Å². The van der Waals surface area contributed by atoms with Crippen molar-refractivity contribution in [3.63, 3.8) is 0 Å². The van der Waals surface area contributed by atoms with E-state index in [2.05, 4.69) is 14.9 Å². The largest absolute Gasteiger partial charge is 0.462 e. The molecule has 9 heteroatoms. The van der Waals surface area contributed by atoms with E-state index in [1.807, 2.05) is 0 Å². The fourth-order valence-electron chi connectivity index (χ4n) is 2.37. The number of aliphatic hydroxyl groups excluding tert-OH is 1. The number of nitrogens with one attached hydrogen (secondary N) is 2. The highest BCUT2D eigenvalue weighted by Gasteiger charge is 2.28. The lowest BCUT2D eigenvalue weighted by Crippen LogP contribution is -2.30. The first-order valence-electron chi connectivity index (χ1n) is 6.82. The minimum Gasteiger partial charge on any atom is -0.462 e. The number of hydrogen-bond acceptors (Lipinski definition) is 6. The van der Waals surface area contributed by atoms with Gasteiger partial charge in [-0.15, -0.1) is 0 Å². The van der Waals surface area contributed by atoms with Gasteiger partial charge in [-0.1, -0.05) is 0 Å². The summed E-state index contributed by atoms with van der Waals surface area (Å²) in [5.41, 5.74) is -0.115. The van der Waals surface area contributed by atoms with E-state index in [0.717, 1.165) is 12.6 Å². The van der Waals surface area contributed by atoms with Crippen molar-refractivity contribution < 1.29 is 23.1 Å². The van der Waals surface area contributed by atoms with E-state index < -0.39 is 16.0 Å². The van der Waals surface area contributed by atoms with Gasteiger partial charge in [0.05, 0.1) is 18.9 Å². The smallest absolute Gasteiger partial charge is 0.342 e. The molecule has 0 aromatic carbocycles. The Morgan fingerprint density at radius 1 is 1.57 bits per heavy atom. The number of hydrogen-bond donors (Lipinski definition) is 3. The van der Waals surface area contributed by atoms with Crippen LogP contribution in [-0.4, -0.2) is 48.9 Å². The van der Waals surface area contributed by atoms with Gasteiger partial charge < -0.3 is 9.84 Å². The van der Waals surface area contributed by atoms with Gasteiger partial charge in [-0.2, -0.15) is 5.10 Å². The highest BCUT2D eigenvalue weighted by molar-refractivity contribution is 7.89. The number of nitrogens with zero attached hydrogens (tertiary/aromatic N) is 1. The molecule has 0 radical (unpaired) electrons. The highest BCUT2D eigenvalue weighted by atomic mass is 32.2. The zero-order valence-corrected chi connectivity index (χ0v) is 12.5. The quantitative estimate of drug-likeness (QED) is 0.636. The summed E-state index contributed by atoms with van der Waals surface area (Å²) in [5, 5.41) is 15.1. The van der Waals surface area contributed by atoms with E-state index >= 15 is 0 Å². The predicted octanol–water partition coefficient (Wildman–Crippen LogP) is 0.0257. The Labute approximate surface area is 122 Å². The van der Waals surface area contributed by atoms with E-state index in [1.165, 1.54) is 0 Å². The molecule has 0 saturated heterocycles. The summed E-state index contributed by atoms with van der Waals surface area (Å²) < 4.78 is 31.7. The SMILES string of the molecule is CCOC(=O)c1cn[nH]c1S(=O)(=O)NCC1CCC(O)C1. The van der Waals surface area contributed by atoms with Gasteiger partial charge in [-0.25, -0.2) is 17.9 Å². The van der Waals surface area contributed by atoms with Gasteiger partial charge >= 0.3 is 5.97 Å². The molecule has 1 aliphatic carbocycles. The van der Waals surface area contributed by atoms with E-state index in [4.69, 9.17) is 4.74 Å². The second-order valence-electron chi connectivity index (χ2n) is 5.02. The van der Waals surface area contributed by atoms with Gasteiger partial charge in [0.2, 0.25) is 0 Å². The number of aliphatic hydroxyl groups is 1. The lowest BCUT2D eigenvalue weighted by Gasteiger charge is -2.11. The van der Waals surface area contributed by atoms with E-state index in [0.29, 0.717) is 12.8 Å². The standard InChI is InChI=1S/C12H19N3O5S/c1-2-20-12(17)10-7-13-15-11(10)21(18,19)14-6-8-3-4-9(16)5-8/h7-9,14,16H,2-6H2,1H3,(H,13,15).